The van der Waals surface area contributed by atoms with E-state index in [9.17, 15) is 9.59 Å². The summed E-state index contributed by atoms with van der Waals surface area (Å²) in [5.41, 5.74) is 3.76. The molecular weight excluding hydrogens is 312 g/mol. The molecule has 1 aliphatic heterocycles. The lowest BCUT2D eigenvalue weighted by Crippen LogP contribution is -2.30. The van der Waals surface area contributed by atoms with Crippen LogP contribution in [0.2, 0.25) is 0 Å². The van der Waals surface area contributed by atoms with Crippen molar-refractivity contribution >= 4 is 17.5 Å². The third-order valence-electron chi connectivity index (χ3n) is 4.46. The van der Waals surface area contributed by atoms with Gasteiger partial charge in [-0.15, -0.1) is 0 Å². The first-order chi connectivity index (χ1) is 12.3. The maximum absolute atomic E-state index is 12.7. The Morgan fingerprint density at radius 2 is 1.32 bits per heavy atom. The van der Waals surface area contributed by atoms with E-state index in [2.05, 4.69) is 4.98 Å². The Kier molecular flexibility index (Phi) is 3.86. The smallest absolute Gasteiger partial charge is 0.266 e. The molecule has 0 saturated carbocycles. The third-order valence-corrected chi connectivity index (χ3v) is 4.46. The fraction of sp³-hybridized carbons (Fsp3) is 0.0952. The van der Waals surface area contributed by atoms with Crippen LogP contribution in [0.25, 0.3) is 0 Å². The SMILES string of the molecule is O=C1c2ccccc2C(=O)N1c1ccccc1CCc1ccncc1. The number of fused-ring (bicyclic) bond motifs is 1. The molecule has 4 nitrogen and oxygen atoms in total. The highest BCUT2D eigenvalue weighted by atomic mass is 16.2. The standard InChI is InChI=1S/C21H16N2O2/c24-20-17-6-2-3-7-18(17)21(25)23(20)19-8-4-1-5-16(19)10-9-15-11-13-22-14-12-15/h1-8,11-14H,9-10H2. The average Bonchev–Trinajstić information content (AvgIpc) is 2.92. The number of carbonyl (C=O) groups excluding carboxylic acids is 2. The van der Waals surface area contributed by atoms with Gasteiger partial charge in [-0.05, 0) is 54.3 Å². The number of nitrogens with zero attached hydrogens (tertiary/aromatic N) is 2. The van der Waals surface area contributed by atoms with Crippen molar-refractivity contribution in [3.63, 3.8) is 0 Å². The molecule has 0 unspecified atom stereocenters. The van der Waals surface area contributed by atoms with Crippen LogP contribution in [0.15, 0.2) is 73.1 Å². The van der Waals surface area contributed by atoms with Crippen LogP contribution in [-0.4, -0.2) is 16.8 Å². The summed E-state index contributed by atoms with van der Waals surface area (Å²) in [6.45, 7) is 0. The van der Waals surface area contributed by atoms with Crippen LogP contribution in [0.5, 0.6) is 0 Å². The second kappa shape index (κ2) is 6.32. The first kappa shape index (κ1) is 15.3. The van der Waals surface area contributed by atoms with Gasteiger partial charge in [0.2, 0.25) is 0 Å². The number of anilines is 1. The molecule has 0 saturated heterocycles. The molecule has 0 bridgehead atoms. The number of benzene rings is 2. The minimum absolute atomic E-state index is 0.253. The second-order valence-corrected chi connectivity index (χ2v) is 5.98. The van der Waals surface area contributed by atoms with Gasteiger partial charge in [0, 0.05) is 12.4 Å². The van der Waals surface area contributed by atoms with Crippen LogP contribution in [0.1, 0.15) is 31.8 Å². The Morgan fingerprint density at radius 1 is 0.720 bits per heavy atom. The number of aryl methyl sites for hydroxylation is 2. The average molecular weight is 328 g/mol. The molecule has 25 heavy (non-hydrogen) atoms. The van der Waals surface area contributed by atoms with Gasteiger partial charge in [-0.3, -0.25) is 14.6 Å². The maximum atomic E-state index is 12.7. The van der Waals surface area contributed by atoms with E-state index in [1.165, 1.54) is 10.5 Å². The molecular formula is C21H16N2O2. The Balaban J connectivity index is 1.66. The van der Waals surface area contributed by atoms with Crippen LogP contribution in [0.4, 0.5) is 5.69 Å². The summed E-state index contributed by atoms with van der Waals surface area (Å²) in [6.07, 6.45) is 5.10. The summed E-state index contributed by atoms with van der Waals surface area (Å²) < 4.78 is 0. The first-order valence-electron chi connectivity index (χ1n) is 8.20. The Morgan fingerprint density at radius 3 is 2.00 bits per heavy atom. The molecule has 2 amide bonds. The molecule has 0 fully saturated rings. The van der Waals surface area contributed by atoms with Crippen molar-refractivity contribution in [1.82, 2.24) is 4.98 Å². The highest BCUT2D eigenvalue weighted by molar-refractivity contribution is 6.34. The minimum Gasteiger partial charge on any atom is -0.268 e. The van der Waals surface area contributed by atoms with Gasteiger partial charge in [0.25, 0.3) is 11.8 Å². The zero-order valence-corrected chi connectivity index (χ0v) is 13.6. The van der Waals surface area contributed by atoms with Gasteiger partial charge in [0.15, 0.2) is 0 Å². The molecule has 1 aromatic heterocycles. The molecule has 0 atom stereocenters. The number of carbonyl (C=O) groups is 2. The molecule has 4 heteroatoms. The number of pyridine rings is 1. The van der Waals surface area contributed by atoms with Crippen LogP contribution < -0.4 is 4.90 Å². The number of hydrogen-bond donors (Lipinski definition) is 0. The predicted octanol–water partition coefficient (Wildman–Crippen LogP) is 3.67. The fourth-order valence-corrected chi connectivity index (χ4v) is 3.18. The molecule has 2 heterocycles. The van der Waals surface area contributed by atoms with Crippen LogP contribution in [0, 0.1) is 0 Å². The van der Waals surface area contributed by atoms with E-state index in [1.54, 1.807) is 36.7 Å². The van der Waals surface area contributed by atoms with Gasteiger partial charge in [-0.2, -0.15) is 0 Å². The monoisotopic (exact) mass is 328 g/mol. The molecule has 2 aromatic carbocycles. The molecule has 0 radical (unpaired) electrons. The second-order valence-electron chi connectivity index (χ2n) is 5.98. The van der Waals surface area contributed by atoms with Crippen molar-refractivity contribution in [2.45, 2.75) is 12.8 Å². The Hall–Kier alpha value is -3.27. The zero-order chi connectivity index (χ0) is 17.2. The van der Waals surface area contributed by atoms with Crippen molar-refractivity contribution in [1.29, 1.82) is 0 Å². The molecule has 0 aliphatic carbocycles. The Bertz CT molecular complexity index is 916. The highest BCUT2D eigenvalue weighted by Crippen LogP contribution is 2.31. The predicted molar refractivity (Wildman–Crippen MR) is 95.7 cm³/mol. The van der Waals surface area contributed by atoms with E-state index < -0.39 is 0 Å². The molecule has 0 spiro atoms. The largest absolute Gasteiger partial charge is 0.268 e. The van der Waals surface area contributed by atoms with E-state index in [4.69, 9.17) is 0 Å². The van der Waals surface area contributed by atoms with Crippen molar-refractivity contribution in [3.8, 4) is 0 Å². The lowest BCUT2D eigenvalue weighted by molar-refractivity contribution is 0.0926. The summed E-state index contributed by atoms with van der Waals surface area (Å²) in [4.78, 5) is 30.8. The van der Waals surface area contributed by atoms with Gasteiger partial charge in [-0.1, -0.05) is 30.3 Å². The number of imide groups is 1. The first-order valence-corrected chi connectivity index (χ1v) is 8.20. The highest BCUT2D eigenvalue weighted by Gasteiger charge is 2.37. The van der Waals surface area contributed by atoms with E-state index in [1.807, 2.05) is 36.4 Å². The molecule has 0 N–H and O–H groups in total. The zero-order valence-electron chi connectivity index (χ0n) is 13.6. The number of aromatic nitrogens is 1. The lowest BCUT2D eigenvalue weighted by atomic mass is 10.0. The van der Waals surface area contributed by atoms with E-state index >= 15 is 0 Å². The van der Waals surface area contributed by atoms with E-state index in [-0.39, 0.29) is 11.8 Å². The number of para-hydroxylation sites is 1. The van der Waals surface area contributed by atoms with Gasteiger partial charge in [0.05, 0.1) is 16.8 Å². The lowest BCUT2D eigenvalue weighted by Gasteiger charge is -2.18. The number of amides is 2. The Labute approximate surface area is 145 Å². The van der Waals surface area contributed by atoms with Gasteiger partial charge < -0.3 is 0 Å². The van der Waals surface area contributed by atoms with Crippen LogP contribution in [0.3, 0.4) is 0 Å². The van der Waals surface area contributed by atoms with Gasteiger partial charge in [0.1, 0.15) is 0 Å². The molecule has 4 rings (SSSR count). The topological polar surface area (TPSA) is 50.3 Å². The molecule has 3 aromatic rings. The van der Waals surface area contributed by atoms with Crippen molar-refractivity contribution in [3.05, 3.63) is 95.3 Å². The van der Waals surface area contributed by atoms with Crippen molar-refractivity contribution in [2.24, 2.45) is 0 Å². The normalized spacial score (nSPS) is 13.2. The van der Waals surface area contributed by atoms with Crippen molar-refractivity contribution in [2.75, 3.05) is 4.90 Å². The maximum Gasteiger partial charge on any atom is 0.266 e. The van der Waals surface area contributed by atoms with Gasteiger partial charge in [-0.25, -0.2) is 4.90 Å². The van der Waals surface area contributed by atoms with Gasteiger partial charge >= 0.3 is 0 Å². The summed E-state index contributed by atoms with van der Waals surface area (Å²) in [7, 11) is 0. The van der Waals surface area contributed by atoms with Crippen LogP contribution >= 0.6 is 0 Å². The van der Waals surface area contributed by atoms with E-state index in [0.717, 1.165) is 18.4 Å². The summed E-state index contributed by atoms with van der Waals surface area (Å²) in [5.74, 6) is -0.506. The molecule has 1 aliphatic rings. The number of hydrogen-bond acceptors (Lipinski definition) is 3. The summed E-state index contributed by atoms with van der Waals surface area (Å²) in [5, 5.41) is 0. The number of rotatable bonds is 4. The quantitative estimate of drug-likeness (QED) is 0.687. The van der Waals surface area contributed by atoms with Crippen molar-refractivity contribution < 1.29 is 9.59 Å². The van der Waals surface area contributed by atoms with E-state index in [0.29, 0.717) is 16.8 Å². The molecule has 122 valence electrons. The summed E-state index contributed by atoms with van der Waals surface area (Å²) in [6, 6.07) is 18.5. The fourth-order valence-electron chi connectivity index (χ4n) is 3.18. The summed E-state index contributed by atoms with van der Waals surface area (Å²) >= 11 is 0. The third kappa shape index (κ3) is 2.72. The van der Waals surface area contributed by atoms with Crippen LogP contribution in [-0.2, 0) is 12.8 Å². The minimum atomic E-state index is -0.253.